The lowest BCUT2D eigenvalue weighted by Gasteiger charge is -2.16. The van der Waals surface area contributed by atoms with Gasteiger partial charge in [-0.1, -0.05) is 60.7 Å². The van der Waals surface area contributed by atoms with Gasteiger partial charge in [-0.05, 0) is 11.1 Å². The first-order valence-corrected chi connectivity index (χ1v) is 11.1. The molecular formula is C25H26N4O5. The third-order valence-electron chi connectivity index (χ3n) is 6.04. The Morgan fingerprint density at radius 3 is 2.44 bits per heavy atom. The predicted octanol–water partition coefficient (Wildman–Crippen LogP) is 2.52. The molecule has 9 nitrogen and oxygen atoms in total. The zero-order valence-electron chi connectivity index (χ0n) is 18.8. The van der Waals surface area contributed by atoms with Gasteiger partial charge in [-0.25, -0.2) is 14.3 Å². The molecule has 2 aromatic heterocycles. The van der Waals surface area contributed by atoms with Crippen molar-refractivity contribution in [3.63, 3.8) is 0 Å². The number of aromatic nitrogens is 4. The van der Waals surface area contributed by atoms with Crippen LogP contribution in [0, 0.1) is 0 Å². The molecule has 34 heavy (non-hydrogen) atoms. The van der Waals surface area contributed by atoms with Gasteiger partial charge in [0.2, 0.25) is 5.88 Å². The van der Waals surface area contributed by atoms with Gasteiger partial charge in [0, 0.05) is 6.42 Å². The van der Waals surface area contributed by atoms with Gasteiger partial charge in [0.1, 0.15) is 18.7 Å². The monoisotopic (exact) mass is 462 g/mol. The molecule has 1 aliphatic rings. The highest BCUT2D eigenvalue weighted by atomic mass is 16.6. The molecule has 1 saturated heterocycles. The van der Waals surface area contributed by atoms with Crippen LogP contribution in [-0.4, -0.2) is 50.1 Å². The molecule has 0 aliphatic carbocycles. The van der Waals surface area contributed by atoms with Crippen molar-refractivity contribution in [3.8, 4) is 5.88 Å². The molecule has 0 unspecified atom stereocenters. The number of imidazole rings is 1. The maximum Gasteiger partial charge on any atom is 0.332 e. The van der Waals surface area contributed by atoms with Crippen molar-refractivity contribution in [2.45, 2.75) is 38.0 Å². The Labute approximate surface area is 196 Å². The lowest BCUT2D eigenvalue weighted by Crippen LogP contribution is -2.29. The summed E-state index contributed by atoms with van der Waals surface area (Å²) in [7, 11) is 1.51. The average molecular weight is 463 g/mol. The van der Waals surface area contributed by atoms with E-state index in [0.717, 1.165) is 11.1 Å². The molecule has 0 amide bonds. The Morgan fingerprint density at radius 2 is 1.76 bits per heavy atom. The van der Waals surface area contributed by atoms with E-state index in [-0.39, 0.29) is 18.4 Å². The molecule has 1 fully saturated rings. The van der Waals surface area contributed by atoms with E-state index in [1.807, 2.05) is 60.7 Å². The summed E-state index contributed by atoms with van der Waals surface area (Å²) in [4.78, 5) is 22.2. The Morgan fingerprint density at radius 1 is 1.06 bits per heavy atom. The maximum absolute atomic E-state index is 13.6. The van der Waals surface area contributed by atoms with Crippen molar-refractivity contribution in [1.29, 1.82) is 0 Å². The van der Waals surface area contributed by atoms with E-state index in [4.69, 9.17) is 14.2 Å². The van der Waals surface area contributed by atoms with Gasteiger partial charge in [-0.3, -0.25) is 4.57 Å². The largest absolute Gasteiger partial charge is 0.479 e. The highest BCUT2D eigenvalue weighted by Gasteiger charge is 2.39. The second kappa shape index (κ2) is 9.76. The number of aliphatic hydroxyl groups is 1. The van der Waals surface area contributed by atoms with E-state index in [1.54, 1.807) is 4.57 Å². The van der Waals surface area contributed by atoms with E-state index in [0.29, 0.717) is 36.6 Å². The van der Waals surface area contributed by atoms with Crippen LogP contribution in [0.25, 0.3) is 11.2 Å². The number of rotatable bonds is 8. The summed E-state index contributed by atoms with van der Waals surface area (Å²) in [5, 5.41) is 9.92. The quantitative estimate of drug-likeness (QED) is 0.429. The Balaban J connectivity index is 1.49. The number of ether oxygens (including phenoxy) is 3. The van der Waals surface area contributed by atoms with Gasteiger partial charge in [0.25, 0.3) is 0 Å². The van der Waals surface area contributed by atoms with Crippen molar-refractivity contribution in [1.82, 2.24) is 19.1 Å². The first kappa shape index (κ1) is 22.3. The number of aliphatic hydroxyl groups excluding tert-OH is 1. The third-order valence-corrected chi connectivity index (χ3v) is 6.04. The van der Waals surface area contributed by atoms with E-state index < -0.39 is 12.3 Å². The summed E-state index contributed by atoms with van der Waals surface area (Å²) < 4.78 is 20.7. The van der Waals surface area contributed by atoms with Crippen LogP contribution in [0.5, 0.6) is 5.88 Å². The molecular weight excluding hydrogens is 436 g/mol. The zero-order valence-corrected chi connectivity index (χ0v) is 18.8. The molecule has 3 heterocycles. The normalized spacial score (nSPS) is 20.1. The third kappa shape index (κ3) is 4.21. The molecule has 176 valence electrons. The highest BCUT2D eigenvalue weighted by molar-refractivity contribution is 5.77. The minimum Gasteiger partial charge on any atom is -0.479 e. The van der Waals surface area contributed by atoms with E-state index in [2.05, 4.69) is 9.97 Å². The summed E-state index contributed by atoms with van der Waals surface area (Å²) in [6, 6.07) is 19.5. The Kier molecular flexibility index (Phi) is 6.39. The minimum absolute atomic E-state index is 0.217. The van der Waals surface area contributed by atoms with Crippen molar-refractivity contribution < 1.29 is 19.3 Å². The fraction of sp³-hybridized carbons (Fsp3) is 0.320. The number of nitrogens with zero attached hydrogens (tertiary/aromatic N) is 4. The fourth-order valence-corrected chi connectivity index (χ4v) is 4.38. The molecule has 5 rings (SSSR count). The van der Waals surface area contributed by atoms with Crippen LogP contribution in [0.3, 0.4) is 0 Å². The Hall–Kier alpha value is -3.53. The van der Waals surface area contributed by atoms with Crippen LogP contribution in [0.4, 0.5) is 0 Å². The van der Waals surface area contributed by atoms with E-state index >= 15 is 0 Å². The second-order valence-corrected chi connectivity index (χ2v) is 8.16. The first-order valence-electron chi connectivity index (χ1n) is 11.1. The van der Waals surface area contributed by atoms with Gasteiger partial charge < -0.3 is 19.3 Å². The van der Waals surface area contributed by atoms with Crippen LogP contribution >= 0.6 is 0 Å². The standard InChI is InChI=1S/C25H26N4O5/c1-32-24-22-23(26-16-27-24)29(25(31)28(22)13-17-8-4-2-5-9-17)21-12-19(20(14-30)34-21)33-15-18-10-6-3-7-11-18/h2-11,16,19-21,30H,12-15H2,1H3/t19-,20+,21+/m0/s1. The van der Waals surface area contributed by atoms with Crippen LogP contribution in [0.1, 0.15) is 23.8 Å². The molecule has 2 aromatic carbocycles. The second-order valence-electron chi connectivity index (χ2n) is 8.16. The SMILES string of the molecule is COc1ncnc2c1n(Cc1ccccc1)c(=O)n2[C@H]1C[C@H](OCc2ccccc2)[C@@H](CO)O1. The van der Waals surface area contributed by atoms with Crippen molar-refractivity contribution in [2.75, 3.05) is 13.7 Å². The molecule has 9 heteroatoms. The predicted molar refractivity (Wildman–Crippen MR) is 125 cm³/mol. The summed E-state index contributed by atoms with van der Waals surface area (Å²) in [6.07, 6.45) is 0.181. The van der Waals surface area contributed by atoms with Crippen LogP contribution in [-0.2, 0) is 22.6 Å². The molecule has 4 aromatic rings. The van der Waals surface area contributed by atoms with Gasteiger partial charge in [0.15, 0.2) is 11.2 Å². The average Bonchev–Trinajstić information content (AvgIpc) is 3.41. The van der Waals surface area contributed by atoms with Crippen molar-refractivity contribution >= 4 is 11.2 Å². The Bertz CT molecular complexity index is 1310. The number of benzene rings is 2. The maximum atomic E-state index is 13.6. The number of fused-ring (bicyclic) bond motifs is 1. The molecule has 0 saturated carbocycles. The summed E-state index contributed by atoms with van der Waals surface area (Å²) in [5.41, 5.74) is 2.61. The molecule has 0 spiro atoms. The van der Waals surface area contributed by atoms with E-state index in [1.165, 1.54) is 18.0 Å². The van der Waals surface area contributed by atoms with Crippen molar-refractivity contribution in [3.05, 3.63) is 88.6 Å². The summed E-state index contributed by atoms with van der Waals surface area (Å²) >= 11 is 0. The minimum atomic E-state index is -0.649. The smallest absolute Gasteiger partial charge is 0.332 e. The summed E-state index contributed by atoms with van der Waals surface area (Å²) in [6.45, 7) is 0.501. The lowest BCUT2D eigenvalue weighted by molar-refractivity contribution is -0.0648. The first-order chi connectivity index (χ1) is 16.7. The number of hydrogen-bond donors (Lipinski definition) is 1. The molecule has 0 bridgehead atoms. The number of hydrogen-bond acceptors (Lipinski definition) is 7. The molecule has 0 radical (unpaired) electrons. The van der Waals surface area contributed by atoms with Gasteiger partial charge in [-0.15, -0.1) is 0 Å². The van der Waals surface area contributed by atoms with Gasteiger partial charge in [0.05, 0.1) is 33.0 Å². The summed E-state index contributed by atoms with van der Waals surface area (Å²) in [5.74, 6) is 0.311. The fourth-order valence-electron chi connectivity index (χ4n) is 4.38. The zero-order chi connectivity index (χ0) is 23.5. The lowest BCUT2D eigenvalue weighted by atomic mass is 10.1. The van der Waals surface area contributed by atoms with Crippen LogP contribution in [0.2, 0.25) is 0 Å². The highest BCUT2D eigenvalue weighted by Crippen LogP contribution is 2.33. The van der Waals surface area contributed by atoms with Crippen LogP contribution < -0.4 is 10.4 Å². The van der Waals surface area contributed by atoms with Gasteiger partial charge in [-0.2, -0.15) is 4.98 Å². The van der Waals surface area contributed by atoms with Crippen LogP contribution in [0.15, 0.2) is 71.8 Å². The molecule has 3 atom stereocenters. The van der Waals surface area contributed by atoms with Crippen molar-refractivity contribution in [2.24, 2.45) is 0 Å². The molecule has 1 aliphatic heterocycles. The molecule has 1 N–H and O–H groups in total. The topological polar surface area (TPSA) is 101 Å². The number of methoxy groups -OCH3 is 1. The van der Waals surface area contributed by atoms with Gasteiger partial charge >= 0.3 is 5.69 Å². The van der Waals surface area contributed by atoms with E-state index in [9.17, 15) is 9.90 Å².